The monoisotopic (exact) mass is 377 g/mol. The highest BCUT2D eigenvalue weighted by atomic mass is 16.2. The van der Waals surface area contributed by atoms with Crippen LogP contribution in [0.4, 0.5) is 5.69 Å². The van der Waals surface area contributed by atoms with Gasteiger partial charge in [-0.25, -0.2) is 4.98 Å². The number of carbonyl (C=O) groups is 1. The van der Waals surface area contributed by atoms with E-state index < -0.39 is 0 Å². The van der Waals surface area contributed by atoms with Crippen molar-refractivity contribution >= 4 is 22.5 Å². The average molecular weight is 377 g/mol. The van der Waals surface area contributed by atoms with Crippen LogP contribution in [0.25, 0.3) is 10.9 Å². The van der Waals surface area contributed by atoms with E-state index in [2.05, 4.69) is 26.2 Å². The minimum atomic E-state index is 0.280. The highest BCUT2D eigenvalue weighted by Gasteiger charge is 2.29. The number of aromatic nitrogens is 1. The van der Waals surface area contributed by atoms with Crippen molar-refractivity contribution in [2.75, 3.05) is 44.6 Å². The number of anilines is 1. The van der Waals surface area contributed by atoms with Gasteiger partial charge in [0.1, 0.15) is 11.8 Å². The molecule has 0 unspecified atom stereocenters. The highest BCUT2D eigenvalue weighted by molar-refractivity contribution is 5.91. The Morgan fingerprint density at radius 1 is 1.18 bits per heavy atom. The van der Waals surface area contributed by atoms with Gasteiger partial charge in [-0.15, -0.1) is 0 Å². The number of nitriles is 1. The van der Waals surface area contributed by atoms with Crippen LogP contribution >= 0.6 is 0 Å². The first-order chi connectivity index (χ1) is 13.7. The number of pyridine rings is 1. The lowest BCUT2D eigenvalue weighted by atomic mass is 10.1. The lowest BCUT2D eigenvalue weighted by Gasteiger charge is -2.36. The van der Waals surface area contributed by atoms with Crippen molar-refractivity contribution in [3.8, 4) is 6.07 Å². The minimum Gasteiger partial charge on any atom is -0.383 e. The summed E-state index contributed by atoms with van der Waals surface area (Å²) in [5.74, 6) is 0.657. The predicted octanol–water partition coefficient (Wildman–Crippen LogP) is 2.85. The number of para-hydroxylation sites is 1. The van der Waals surface area contributed by atoms with Crippen LogP contribution in [-0.4, -0.2) is 60.0 Å². The van der Waals surface area contributed by atoms with E-state index in [4.69, 9.17) is 0 Å². The number of nitrogens with one attached hydrogen (secondary N) is 1. The molecule has 2 heterocycles. The van der Waals surface area contributed by atoms with Crippen LogP contribution in [0.3, 0.4) is 0 Å². The largest absolute Gasteiger partial charge is 0.383 e. The van der Waals surface area contributed by atoms with Crippen LogP contribution in [-0.2, 0) is 4.79 Å². The first-order valence-corrected chi connectivity index (χ1v) is 10.3. The third-order valence-corrected chi connectivity index (χ3v) is 5.96. The second kappa shape index (κ2) is 8.57. The Hall–Kier alpha value is -2.65. The van der Waals surface area contributed by atoms with Crippen LogP contribution in [0.5, 0.6) is 0 Å². The summed E-state index contributed by atoms with van der Waals surface area (Å²) in [6, 6.07) is 11.8. The topological polar surface area (TPSA) is 72.3 Å². The first-order valence-electron chi connectivity index (χ1n) is 10.3. The Morgan fingerprint density at radius 2 is 1.93 bits per heavy atom. The smallest absolute Gasteiger partial charge is 0.225 e. The molecule has 0 radical (unpaired) electrons. The molecule has 146 valence electrons. The fourth-order valence-electron chi connectivity index (χ4n) is 4.35. The van der Waals surface area contributed by atoms with E-state index in [-0.39, 0.29) is 5.92 Å². The number of fused-ring (bicyclic) bond motifs is 1. The summed E-state index contributed by atoms with van der Waals surface area (Å²) in [4.78, 5) is 21.4. The van der Waals surface area contributed by atoms with E-state index in [0.717, 1.165) is 68.7 Å². The standard InChI is InChI=1S/C22H27N5O/c23-16-18-15-21(19-7-3-4-8-20(19)25-18)24-9-10-26-11-13-27(14-12-26)22(28)17-5-1-2-6-17/h3-4,7-8,15,17H,1-2,5-6,9-14H2,(H,24,25). The summed E-state index contributed by atoms with van der Waals surface area (Å²) in [6.07, 6.45) is 4.57. The maximum atomic E-state index is 12.6. The highest BCUT2D eigenvalue weighted by Crippen LogP contribution is 2.27. The number of carbonyl (C=O) groups excluding carboxylic acids is 1. The molecule has 1 aliphatic carbocycles. The van der Waals surface area contributed by atoms with E-state index in [9.17, 15) is 10.1 Å². The number of hydrogen-bond acceptors (Lipinski definition) is 5. The quantitative estimate of drug-likeness (QED) is 0.867. The number of amides is 1. The molecule has 0 bridgehead atoms. The van der Waals surface area contributed by atoms with E-state index in [1.807, 2.05) is 30.3 Å². The van der Waals surface area contributed by atoms with Crippen LogP contribution in [0.2, 0.25) is 0 Å². The van der Waals surface area contributed by atoms with Gasteiger partial charge < -0.3 is 10.2 Å². The molecule has 1 aromatic carbocycles. The summed E-state index contributed by atoms with van der Waals surface area (Å²) in [5, 5.41) is 13.7. The summed E-state index contributed by atoms with van der Waals surface area (Å²) < 4.78 is 0. The molecule has 2 aromatic rings. The Morgan fingerprint density at radius 3 is 2.68 bits per heavy atom. The first kappa shape index (κ1) is 18.7. The second-order valence-electron chi connectivity index (χ2n) is 7.76. The van der Waals surface area contributed by atoms with Gasteiger partial charge >= 0.3 is 0 Å². The van der Waals surface area contributed by atoms with Gasteiger partial charge in [0.25, 0.3) is 0 Å². The molecule has 6 heteroatoms. The maximum Gasteiger partial charge on any atom is 0.225 e. The predicted molar refractivity (Wildman–Crippen MR) is 110 cm³/mol. The van der Waals surface area contributed by atoms with Gasteiger partial charge in [0.05, 0.1) is 5.52 Å². The van der Waals surface area contributed by atoms with Crippen molar-refractivity contribution in [3.63, 3.8) is 0 Å². The lowest BCUT2D eigenvalue weighted by molar-refractivity contribution is -0.137. The SMILES string of the molecule is N#Cc1cc(NCCN2CCN(C(=O)C3CCCC3)CC2)c2ccccc2n1. The molecule has 2 fully saturated rings. The molecule has 1 saturated carbocycles. The van der Waals surface area contributed by atoms with Crippen molar-refractivity contribution in [3.05, 3.63) is 36.0 Å². The third kappa shape index (κ3) is 4.10. The number of piperazine rings is 1. The Bertz CT molecular complexity index is 876. The molecule has 2 aliphatic rings. The van der Waals surface area contributed by atoms with Gasteiger partial charge in [-0.1, -0.05) is 31.0 Å². The van der Waals surface area contributed by atoms with Crippen molar-refractivity contribution < 1.29 is 4.79 Å². The molecule has 1 saturated heterocycles. The molecular weight excluding hydrogens is 350 g/mol. The van der Waals surface area contributed by atoms with Crippen LogP contribution in [0.1, 0.15) is 31.4 Å². The summed E-state index contributed by atoms with van der Waals surface area (Å²) in [6.45, 7) is 5.26. The number of benzene rings is 1. The Balaban J connectivity index is 1.29. The van der Waals surface area contributed by atoms with Crippen LogP contribution < -0.4 is 5.32 Å². The Labute approximate surface area is 166 Å². The van der Waals surface area contributed by atoms with Gasteiger partial charge in [0.2, 0.25) is 5.91 Å². The fourth-order valence-corrected chi connectivity index (χ4v) is 4.35. The number of nitrogens with zero attached hydrogens (tertiary/aromatic N) is 4. The van der Waals surface area contributed by atoms with Gasteiger partial charge in [-0.05, 0) is 25.0 Å². The zero-order valence-electron chi connectivity index (χ0n) is 16.2. The van der Waals surface area contributed by atoms with Gasteiger partial charge in [0.15, 0.2) is 0 Å². The number of hydrogen-bond donors (Lipinski definition) is 1. The zero-order chi connectivity index (χ0) is 19.3. The number of rotatable bonds is 5. The summed E-state index contributed by atoms with van der Waals surface area (Å²) in [5.41, 5.74) is 2.22. The Kier molecular flexibility index (Phi) is 5.73. The van der Waals surface area contributed by atoms with Crippen LogP contribution in [0, 0.1) is 17.2 Å². The average Bonchev–Trinajstić information content (AvgIpc) is 3.28. The van der Waals surface area contributed by atoms with Gasteiger partial charge in [-0.2, -0.15) is 5.26 Å². The molecule has 4 rings (SSSR count). The van der Waals surface area contributed by atoms with E-state index in [1.165, 1.54) is 12.8 Å². The molecule has 1 N–H and O–H groups in total. The van der Waals surface area contributed by atoms with Gasteiger partial charge in [-0.3, -0.25) is 9.69 Å². The molecular formula is C22H27N5O. The summed E-state index contributed by atoms with van der Waals surface area (Å²) >= 11 is 0. The zero-order valence-corrected chi connectivity index (χ0v) is 16.2. The molecule has 1 aromatic heterocycles. The minimum absolute atomic E-state index is 0.280. The van der Waals surface area contributed by atoms with Crippen molar-refractivity contribution in [1.29, 1.82) is 5.26 Å². The van der Waals surface area contributed by atoms with Crippen molar-refractivity contribution in [2.45, 2.75) is 25.7 Å². The summed E-state index contributed by atoms with van der Waals surface area (Å²) in [7, 11) is 0. The molecule has 1 aliphatic heterocycles. The molecule has 0 spiro atoms. The van der Waals surface area contributed by atoms with Crippen molar-refractivity contribution in [1.82, 2.24) is 14.8 Å². The fraction of sp³-hybridized carbons (Fsp3) is 0.500. The molecule has 28 heavy (non-hydrogen) atoms. The second-order valence-corrected chi connectivity index (χ2v) is 7.76. The molecule has 0 atom stereocenters. The van der Waals surface area contributed by atoms with E-state index in [0.29, 0.717) is 11.6 Å². The van der Waals surface area contributed by atoms with Crippen molar-refractivity contribution in [2.24, 2.45) is 5.92 Å². The van der Waals surface area contributed by atoms with Gasteiger partial charge in [0, 0.05) is 56.3 Å². The van der Waals surface area contributed by atoms with E-state index in [1.54, 1.807) is 0 Å². The van der Waals surface area contributed by atoms with Crippen LogP contribution in [0.15, 0.2) is 30.3 Å². The maximum absolute atomic E-state index is 12.6. The normalized spacial score (nSPS) is 18.3. The molecule has 1 amide bonds. The lowest BCUT2D eigenvalue weighted by Crippen LogP contribution is -2.50. The molecule has 6 nitrogen and oxygen atoms in total. The van der Waals surface area contributed by atoms with E-state index >= 15 is 0 Å². The third-order valence-electron chi connectivity index (χ3n) is 5.96.